The van der Waals surface area contributed by atoms with Crippen LogP contribution in [0.3, 0.4) is 0 Å². The molecule has 0 N–H and O–H groups in total. The summed E-state index contributed by atoms with van der Waals surface area (Å²) in [5, 5.41) is 0. The Balaban J connectivity index is 2.25. The van der Waals surface area contributed by atoms with Crippen LogP contribution in [0.2, 0.25) is 0 Å². The second-order valence-electron chi connectivity index (χ2n) is 3.23. The molecule has 1 saturated heterocycles. The molecule has 1 rings (SSSR count). The summed E-state index contributed by atoms with van der Waals surface area (Å²) in [7, 11) is 0. The van der Waals surface area contributed by atoms with Crippen molar-refractivity contribution in [2.75, 3.05) is 13.2 Å². The highest BCUT2D eigenvalue weighted by atomic mass is 16.6. The van der Waals surface area contributed by atoms with Crippen LogP contribution in [0.5, 0.6) is 0 Å². The highest BCUT2D eigenvalue weighted by Gasteiger charge is 2.22. The van der Waals surface area contributed by atoms with Crippen molar-refractivity contribution in [3.05, 3.63) is 0 Å². The first-order chi connectivity index (χ1) is 5.74. The molecule has 0 spiro atoms. The molecule has 1 heterocycles. The van der Waals surface area contributed by atoms with Gasteiger partial charge in [0.2, 0.25) is 0 Å². The van der Waals surface area contributed by atoms with Gasteiger partial charge in [-0.15, -0.1) is 0 Å². The Kier molecular flexibility index (Phi) is 3.53. The van der Waals surface area contributed by atoms with Gasteiger partial charge in [0, 0.05) is 6.42 Å². The SMILES string of the molecule is CCC(C)C(=O)OC1CCOC1. The summed E-state index contributed by atoms with van der Waals surface area (Å²) in [4.78, 5) is 11.3. The van der Waals surface area contributed by atoms with E-state index in [1.54, 1.807) is 0 Å². The lowest BCUT2D eigenvalue weighted by atomic mass is 10.1. The van der Waals surface area contributed by atoms with Crippen LogP contribution in [0, 0.1) is 5.92 Å². The van der Waals surface area contributed by atoms with E-state index in [0.717, 1.165) is 19.4 Å². The summed E-state index contributed by atoms with van der Waals surface area (Å²) >= 11 is 0. The van der Waals surface area contributed by atoms with Crippen molar-refractivity contribution in [2.45, 2.75) is 32.8 Å². The standard InChI is InChI=1S/C9H16O3/c1-3-7(2)9(10)12-8-4-5-11-6-8/h7-8H,3-6H2,1-2H3. The van der Waals surface area contributed by atoms with E-state index in [1.807, 2.05) is 13.8 Å². The van der Waals surface area contributed by atoms with Gasteiger partial charge in [0.05, 0.1) is 19.1 Å². The molecule has 2 atom stereocenters. The summed E-state index contributed by atoms with van der Waals surface area (Å²) in [6, 6.07) is 0. The van der Waals surface area contributed by atoms with E-state index in [4.69, 9.17) is 9.47 Å². The Bertz CT molecular complexity index is 150. The van der Waals surface area contributed by atoms with Gasteiger partial charge in [0.15, 0.2) is 0 Å². The molecule has 2 unspecified atom stereocenters. The second-order valence-corrected chi connectivity index (χ2v) is 3.23. The maximum atomic E-state index is 11.3. The molecule has 1 aliphatic rings. The molecule has 1 fully saturated rings. The first-order valence-electron chi connectivity index (χ1n) is 4.52. The van der Waals surface area contributed by atoms with E-state index in [0.29, 0.717) is 6.61 Å². The smallest absolute Gasteiger partial charge is 0.308 e. The minimum Gasteiger partial charge on any atom is -0.460 e. The van der Waals surface area contributed by atoms with Crippen molar-refractivity contribution >= 4 is 5.97 Å². The zero-order chi connectivity index (χ0) is 8.97. The number of esters is 1. The predicted octanol–water partition coefficient (Wildman–Crippen LogP) is 1.36. The molecule has 0 bridgehead atoms. The lowest BCUT2D eigenvalue weighted by molar-refractivity contribution is -0.153. The highest BCUT2D eigenvalue weighted by Crippen LogP contribution is 2.12. The van der Waals surface area contributed by atoms with Gasteiger partial charge in [-0.1, -0.05) is 13.8 Å². The minimum absolute atomic E-state index is 0.00602. The van der Waals surface area contributed by atoms with E-state index < -0.39 is 0 Å². The summed E-state index contributed by atoms with van der Waals surface area (Å²) < 4.78 is 10.3. The Hall–Kier alpha value is -0.570. The van der Waals surface area contributed by atoms with Gasteiger partial charge in [-0.05, 0) is 6.42 Å². The van der Waals surface area contributed by atoms with Gasteiger partial charge in [-0.25, -0.2) is 0 Å². The van der Waals surface area contributed by atoms with Gasteiger partial charge >= 0.3 is 5.97 Å². The van der Waals surface area contributed by atoms with Crippen LogP contribution in [-0.4, -0.2) is 25.3 Å². The third-order valence-electron chi connectivity index (χ3n) is 2.19. The lowest BCUT2D eigenvalue weighted by Gasteiger charge is -2.13. The molecule has 0 saturated carbocycles. The highest BCUT2D eigenvalue weighted by molar-refractivity contribution is 5.72. The minimum atomic E-state index is -0.0898. The normalized spacial score (nSPS) is 25.3. The van der Waals surface area contributed by atoms with Crippen molar-refractivity contribution in [2.24, 2.45) is 5.92 Å². The molecule has 0 aliphatic carbocycles. The molecule has 3 heteroatoms. The molecule has 12 heavy (non-hydrogen) atoms. The first-order valence-corrected chi connectivity index (χ1v) is 4.52. The summed E-state index contributed by atoms with van der Waals surface area (Å²) in [6.07, 6.45) is 1.70. The van der Waals surface area contributed by atoms with Gasteiger partial charge < -0.3 is 9.47 Å². The fourth-order valence-corrected chi connectivity index (χ4v) is 1.05. The zero-order valence-electron chi connectivity index (χ0n) is 7.71. The Morgan fingerprint density at radius 2 is 2.50 bits per heavy atom. The second kappa shape index (κ2) is 4.45. The van der Waals surface area contributed by atoms with Crippen molar-refractivity contribution < 1.29 is 14.3 Å². The molecular formula is C9H16O3. The van der Waals surface area contributed by atoms with Gasteiger partial charge in [-0.3, -0.25) is 4.79 Å². The first kappa shape index (κ1) is 9.52. The third kappa shape index (κ3) is 2.48. The summed E-state index contributed by atoms with van der Waals surface area (Å²) in [6.45, 7) is 5.16. The van der Waals surface area contributed by atoms with E-state index in [1.165, 1.54) is 0 Å². The van der Waals surface area contributed by atoms with E-state index in [2.05, 4.69) is 0 Å². The molecular weight excluding hydrogens is 156 g/mol. The Morgan fingerprint density at radius 3 is 3.00 bits per heavy atom. The van der Waals surface area contributed by atoms with Gasteiger partial charge in [0.25, 0.3) is 0 Å². The van der Waals surface area contributed by atoms with E-state index in [9.17, 15) is 4.79 Å². The number of rotatable bonds is 3. The fraction of sp³-hybridized carbons (Fsp3) is 0.889. The average molecular weight is 172 g/mol. The molecule has 0 aromatic heterocycles. The van der Waals surface area contributed by atoms with Crippen LogP contribution in [0.1, 0.15) is 26.7 Å². The molecule has 70 valence electrons. The Labute approximate surface area is 73.0 Å². The van der Waals surface area contributed by atoms with E-state index >= 15 is 0 Å². The molecule has 3 nitrogen and oxygen atoms in total. The van der Waals surface area contributed by atoms with Crippen LogP contribution >= 0.6 is 0 Å². The van der Waals surface area contributed by atoms with Crippen LogP contribution in [0.4, 0.5) is 0 Å². The molecule has 1 aliphatic heterocycles. The van der Waals surface area contributed by atoms with Crippen molar-refractivity contribution in [1.82, 2.24) is 0 Å². The number of carbonyl (C=O) groups excluding carboxylic acids is 1. The fourth-order valence-electron chi connectivity index (χ4n) is 1.05. The lowest BCUT2D eigenvalue weighted by Crippen LogP contribution is -2.22. The van der Waals surface area contributed by atoms with Crippen molar-refractivity contribution in [3.63, 3.8) is 0 Å². The van der Waals surface area contributed by atoms with Crippen LogP contribution < -0.4 is 0 Å². The Morgan fingerprint density at radius 1 is 1.75 bits per heavy atom. The monoisotopic (exact) mass is 172 g/mol. The third-order valence-corrected chi connectivity index (χ3v) is 2.19. The van der Waals surface area contributed by atoms with Crippen LogP contribution in [-0.2, 0) is 14.3 Å². The van der Waals surface area contributed by atoms with Crippen LogP contribution in [0.15, 0.2) is 0 Å². The van der Waals surface area contributed by atoms with Crippen molar-refractivity contribution in [3.8, 4) is 0 Å². The summed E-state index contributed by atoms with van der Waals surface area (Å²) in [5.74, 6) is -0.0707. The molecule has 0 amide bonds. The van der Waals surface area contributed by atoms with Gasteiger partial charge in [-0.2, -0.15) is 0 Å². The number of carbonyl (C=O) groups is 1. The van der Waals surface area contributed by atoms with Crippen LogP contribution in [0.25, 0.3) is 0 Å². The number of ether oxygens (including phenoxy) is 2. The predicted molar refractivity (Wildman–Crippen MR) is 44.8 cm³/mol. The van der Waals surface area contributed by atoms with E-state index in [-0.39, 0.29) is 18.0 Å². The molecule has 0 radical (unpaired) electrons. The maximum absolute atomic E-state index is 11.3. The topological polar surface area (TPSA) is 35.5 Å². The largest absolute Gasteiger partial charge is 0.460 e. The van der Waals surface area contributed by atoms with Gasteiger partial charge in [0.1, 0.15) is 6.10 Å². The average Bonchev–Trinajstić information content (AvgIpc) is 2.55. The quantitative estimate of drug-likeness (QED) is 0.603. The number of hydrogen-bond donors (Lipinski definition) is 0. The van der Waals surface area contributed by atoms with Crippen molar-refractivity contribution in [1.29, 1.82) is 0 Å². The zero-order valence-corrected chi connectivity index (χ0v) is 7.71. The maximum Gasteiger partial charge on any atom is 0.308 e. The summed E-state index contributed by atoms with van der Waals surface area (Å²) in [5.41, 5.74) is 0. The molecule has 0 aromatic rings. The number of hydrogen-bond acceptors (Lipinski definition) is 3. The molecule has 0 aromatic carbocycles.